The Labute approximate surface area is 133 Å². The predicted octanol–water partition coefficient (Wildman–Crippen LogP) is 5.55. The minimum Gasteiger partial charge on any atom is -0.494 e. The first-order chi connectivity index (χ1) is 10.1. The van der Waals surface area contributed by atoms with Gasteiger partial charge in [-0.25, -0.2) is 4.39 Å². The third-order valence-electron chi connectivity index (χ3n) is 3.14. The second kappa shape index (κ2) is 7.46. The fourth-order valence-electron chi connectivity index (χ4n) is 2.05. The lowest BCUT2D eigenvalue weighted by Gasteiger charge is -2.17. The van der Waals surface area contributed by atoms with Crippen LogP contribution < -0.4 is 10.1 Å². The molecule has 0 saturated carbocycles. The summed E-state index contributed by atoms with van der Waals surface area (Å²) in [6.07, 6.45) is 0.996. The van der Waals surface area contributed by atoms with Crippen LogP contribution in [0.5, 0.6) is 5.75 Å². The summed E-state index contributed by atoms with van der Waals surface area (Å²) < 4.78 is 19.4. The van der Waals surface area contributed by atoms with E-state index >= 15 is 0 Å². The van der Waals surface area contributed by atoms with Crippen molar-refractivity contribution in [2.45, 2.75) is 26.3 Å². The highest BCUT2D eigenvalue weighted by atomic mass is 79.9. The van der Waals surface area contributed by atoms with Crippen LogP contribution in [0.2, 0.25) is 0 Å². The summed E-state index contributed by atoms with van der Waals surface area (Å²) in [5, 5.41) is 3.39. The first-order valence-electron chi connectivity index (χ1n) is 7.04. The van der Waals surface area contributed by atoms with E-state index in [1.54, 1.807) is 6.07 Å². The monoisotopic (exact) mass is 351 g/mol. The zero-order valence-corrected chi connectivity index (χ0v) is 13.8. The van der Waals surface area contributed by atoms with Gasteiger partial charge in [0, 0.05) is 16.2 Å². The highest BCUT2D eigenvalue weighted by Crippen LogP contribution is 2.27. The number of ether oxygens (including phenoxy) is 1. The van der Waals surface area contributed by atoms with Crippen molar-refractivity contribution in [3.05, 3.63) is 58.3 Å². The average molecular weight is 352 g/mol. The molecule has 0 bridgehead atoms. The molecule has 2 aromatic carbocycles. The molecular formula is C17H19BrFNO. The third-order valence-corrected chi connectivity index (χ3v) is 3.83. The maximum atomic E-state index is 13.1. The Morgan fingerprint density at radius 1 is 1.19 bits per heavy atom. The van der Waals surface area contributed by atoms with Gasteiger partial charge >= 0.3 is 0 Å². The van der Waals surface area contributed by atoms with Gasteiger partial charge in [0.05, 0.1) is 6.61 Å². The molecule has 0 radical (unpaired) electrons. The van der Waals surface area contributed by atoms with Crippen LogP contribution in [0.25, 0.3) is 0 Å². The maximum absolute atomic E-state index is 13.1. The van der Waals surface area contributed by atoms with Crippen molar-refractivity contribution < 1.29 is 9.13 Å². The smallest absolute Gasteiger partial charge is 0.124 e. The van der Waals surface area contributed by atoms with Crippen molar-refractivity contribution in [3.63, 3.8) is 0 Å². The largest absolute Gasteiger partial charge is 0.494 e. The van der Waals surface area contributed by atoms with Crippen LogP contribution in [0.3, 0.4) is 0 Å². The van der Waals surface area contributed by atoms with Gasteiger partial charge in [0.1, 0.15) is 11.6 Å². The van der Waals surface area contributed by atoms with Crippen molar-refractivity contribution in [2.75, 3.05) is 11.9 Å². The van der Waals surface area contributed by atoms with E-state index < -0.39 is 0 Å². The fourth-order valence-corrected chi connectivity index (χ4v) is 2.74. The predicted molar refractivity (Wildman–Crippen MR) is 88.4 cm³/mol. The molecule has 2 nitrogen and oxygen atoms in total. The molecule has 0 spiro atoms. The summed E-state index contributed by atoms with van der Waals surface area (Å²) in [6, 6.07) is 12.7. The zero-order chi connectivity index (χ0) is 15.2. The molecule has 0 saturated heterocycles. The summed E-state index contributed by atoms with van der Waals surface area (Å²) in [5.74, 6) is 0.633. The van der Waals surface area contributed by atoms with Crippen molar-refractivity contribution in [3.8, 4) is 5.75 Å². The molecule has 1 unspecified atom stereocenters. The van der Waals surface area contributed by atoms with Gasteiger partial charge in [-0.3, -0.25) is 0 Å². The lowest BCUT2D eigenvalue weighted by atomic mass is 10.1. The number of anilines is 1. The number of hydrogen-bond acceptors (Lipinski definition) is 2. The van der Waals surface area contributed by atoms with Crippen LogP contribution in [0.1, 0.15) is 31.9 Å². The van der Waals surface area contributed by atoms with E-state index in [4.69, 9.17) is 4.74 Å². The molecule has 21 heavy (non-hydrogen) atoms. The topological polar surface area (TPSA) is 21.3 Å². The molecular weight excluding hydrogens is 333 g/mol. The average Bonchev–Trinajstić information content (AvgIpc) is 2.46. The third kappa shape index (κ3) is 4.46. The molecule has 2 rings (SSSR count). The lowest BCUT2D eigenvalue weighted by molar-refractivity contribution is 0.317. The molecule has 2 aromatic rings. The summed E-state index contributed by atoms with van der Waals surface area (Å²) in [5.41, 5.74) is 2.02. The Morgan fingerprint density at radius 3 is 2.52 bits per heavy atom. The molecule has 0 aromatic heterocycles. The van der Waals surface area contributed by atoms with Gasteiger partial charge in [0.25, 0.3) is 0 Å². The van der Waals surface area contributed by atoms with Crippen molar-refractivity contribution >= 4 is 21.6 Å². The minimum atomic E-state index is -0.241. The van der Waals surface area contributed by atoms with Gasteiger partial charge in [0.15, 0.2) is 0 Å². The minimum absolute atomic E-state index is 0.0717. The summed E-state index contributed by atoms with van der Waals surface area (Å²) in [7, 11) is 0. The van der Waals surface area contributed by atoms with Gasteiger partial charge < -0.3 is 10.1 Å². The Kier molecular flexibility index (Phi) is 5.62. The molecule has 0 aliphatic heterocycles. The van der Waals surface area contributed by atoms with E-state index in [1.807, 2.05) is 31.2 Å². The Bertz CT molecular complexity index is 586. The van der Waals surface area contributed by atoms with Crippen LogP contribution in [0.15, 0.2) is 46.9 Å². The number of hydrogen-bond donors (Lipinski definition) is 1. The van der Waals surface area contributed by atoms with Gasteiger partial charge in [-0.1, -0.05) is 28.9 Å². The van der Waals surface area contributed by atoms with Crippen LogP contribution in [0, 0.1) is 5.82 Å². The fraction of sp³-hybridized carbons (Fsp3) is 0.294. The van der Waals surface area contributed by atoms with Crippen LogP contribution in [-0.4, -0.2) is 6.61 Å². The Balaban J connectivity index is 2.03. The normalized spacial score (nSPS) is 12.0. The van der Waals surface area contributed by atoms with Gasteiger partial charge in [-0.2, -0.15) is 0 Å². The standard InChI is InChI=1S/C17H19BrFNO/c1-3-10-21-15-7-5-14(6-8-15)20-12(2)16-9-4-13(19)11-17(16)18/h4-9,11-12,20H,3,10H2,1-2H3. The van der Waals surface area contributed by atoms with Crippen LogP contribution >= 0.6 is 15.9 Å². The molecule has 112 valence electrons. The summed E-state index contributed by atoms with van der Waals surface area (Å²) in [6.45, 7) is 4.85. The molecule has 0 amide bonds. The Morgan fingerprint density at radius 2 is 1.90 bits per heavy atom. The maximum Gasteiger partial charge on any atom is 0.124 e. The summed E-state index contributed by atoms with van der Waals surface area (Å²) in [4.78, 5) is 0. The van der Waals surface area contributed by atoms with Crippen molar-refractivity contribution in [2.24, 2.45) is 0 Å². The highest BCUT2D eigenvalue weighted by molar-refractivity contribution is 9.10. The molecule has 0 aliphatic rings. The molecule has 0 fully saturated rings. The van der Waals surface area contributed by atoms with Crippen molar-refractivity contribution in [1.82, 2.24) is 0 Å². The van der Waals surface area contributed by atoms with Gasteiger partial charge in [-0.15, -0.1) is 0 Å². The molecule has 4 heteroatoms. The van der Waals surface area contributed by atoms with Crippen LogP contribution in [0.4, 0.5) is 10.1 Å². The van der Waals surface area contributed by atoms with E-state index in [0.29, 0.717) is 0 Å². The highest BCUT2D eigenvalue weighted by Gasteiger charge is 2.10. The van der Waals surface area contributed by atoms with Crippen LogP contribution in [-0.2, 0) is 0 Å². The molecule has 0 heterocycles. The van der Waals surface area contributed by atoms with E-state index in [9.17, 15) is 4.39 Å². The van der Waals surface area contributed by atoms with Gasteiger partial charge in [-0.05, 0) is 55.3 Å². The quantitative estimate of drug-likeness (QED) is 0.736. The van der Waals surface area contributed by atoms with E-state index in [1.165, 1.54) is 12.1 Å². The number of nitrogens with one attached hydrogen (secondary N) is 1. The Hall–Kier alpha value is -1.55. The first kappa shape index (κ1) is 15.8. The number of benzene rings is 2. The van der Waals surface area contributed by atoms with E-state index in [0.717, 1.165) is 34.5 Å². The second-order valence-electron chi connectivity index (χ2n) is 4.90. The lowest BCUT2D eigenvalue weighted by Crippen LogP contribution is -2.07. The van der Waals surface area contributed by atoms with Gasteiger partial charge in [0.2, 0.25) is 0 Å². The molecule has 1 atom stereocenters. The zero-order valence-electron chi connectivity index (χ0n) is 12.2. The summed E-state index contributed by atoms with van der Waals surface area (Å²) >= 11 is 3.40. The van der Waals surface area contributed by atoms with E-state index in [2.05, 4.69) is 28.2 Å². The molecule has 1 N–H and O–H groups in total. The van der Waals surface area contributed by atoms with E-state index in [-0.39, 0.29) is 11.9 Å². The number of halogens is 2. The first-order valence-corrected chi connectivity index (χ1v) is 7.83. The SMILES string of the molecule is CCCOc1ccc(NC(C)c2ccc(F)cc2Br)cc1. The van der Waals surface area contributed by atoms with Crippen molar-refractivity contribution in [1.29, 1.82) is 0 Å². The molecule has 0 aliphatic carbocycles. The number of rotatable bonds is 6. The second-order valence-corrected chi connectivity index (χ2v) is 5.76.